The predicted octanol–water partition coefficient (Wildman–Crippen LogP) is 5.77. The third kappa shape index (κ3) is 13.3. The van der Waals surface area contributed by atoms with Gasteiger partial charge >= 0.3 is 5.95 Å². The van der Waals surface area contributed by atoms with Crippen molar-refractivity contribution < 1.29 is 18.9 Å². The zero-order valence-electron chi connectivity index (χ0n) is 15.8. The smallest absolute Gasteiger partial charge is 0.320 e. The van der Waals surface area contributed by atoms with Crippen LogP contribution in [0.5, 0.6) is 0 Å². The Kier molecular flexibility index (Phi) is 16.8. The van der Waals surface area contributed by atoms with Gasteiger partial charge in [-0.05, 0) is 12.8 Å². The minimum atomic E-state index is 0.222. The van der Waals surface area contributed by atoms with Gasteiger partial charge in [-0.1, -0.05) is 65.2 Å². The van der Waals surface area contributed by atoms with Crippen LogP contribution in [0.2, 0.25) is 0 Å². The van der Waals surface area contributed by atoms with Gasteiger partial charge in [-0.2, -0.15) is 0 Å². The molecule has 0 rings (SSSR count). The standard InChI is InChI=1S/C19H38O4/c1-5-7-9-10-11-12-14-16-22-17-23-19(21-4)18(20-3)15-13-8-6-2/h5-17H2,1-4H3/b19-18-. The molecule has 0 spiro atoms. The fraction of sp³-hybridized carbons (Fsp3) is 0.895. The molecule has 4 nitrogen and oxygen atoms in total. The molecule has 138 valence electrons. The summed E-state index contributed by atoms with van der Waals surface area (Å²) in [4.78, 5) is 0. The third-order valence-corrected chi connectivity index (χ3v) is 3.83. The van der Waals surface area contributed by atoms with Crippen LogP contribution >= 0.6 is 0 Å². The number of hydrogen-bond donors (Lipinski definition) is 0. The lowest BCUT2D eigenvalue weighted by molar-refractivity contribution is -0.0747. The van der Waals surface area contributed by atoms with Gasteiger partial charge in [0.1, 0.15) is 0 Å². The predicted molar refractivity (Wildman–Crippen MR) is 95.1 cm³/mol. The lowest BCUT2D eigenvalue weighted by Gasteiger charge is -2.14. The zero-order valence-corrected chi connectivity index (χ0v) is 15.8. The lowest BCUT2D eigenvalue weighted by atomic mass is 10.1. The summed E-state index contributed by atoms with van der Waals surface area (Å²) in [5.41, 5.74) is 0. The Balaban J connectivity index is 3.72. The Morgan fingerprint density at radius 2 is 1.30 bits per heavy atom. The molecule has 0 aliphatic heterocycles. The van der Waals surface area contributed by atoms with E-state index in [1.165, 1.54) is 51.4 Å². The topological polar surface area (TPSA) is 36.9 Å². The molecule has 0 aliphatic carbocycles. The summed E-state index contributed by atoms with van der Waals surface area (Å²) in [6.45, 7) is 5.39. The van der Waals surface area contributed by atoms with Crippen molar-refractivity contribution >= 4 is 0 Å². The van der Waals surface area contributed by atoms with Crippen LogP contribution in [0.15, 0.2) is 11.7 Å². The number of methoxy groups -OCH3 is 2. The zero-order chi connectivity index (χ0) is 17.2. The number of ether oxygens (including phenoxy) is 4. The Hall–Kier alpha value is -0.900. The van der Waals surface area contributed by atoms with Crippen LogP contribution < -0.4 is 0 Å². The van der Waals surface area contributed by atoms with Gasteiger partial charge in [0.25, 0.3) is 0 Å². The van der Waals surface area contributed by atoms with Crippen LogP contribution in [0.1, 0.15) is 84.5 Å². The Bertz CT molecular complexity index is 277. The molecule has 0 atom stereocenters. The van der Waals surface area contributed by atoms with E-state index in [2.05, 4.69) is 13.8 Å². The summed E-state index contributed by atoms with van der Waals surface area (Å²) in [5.74, 6) is 1.21. The average molecular weight is 331 g/mol. The molecule has 4 heteroatoms. The van der Waals surface area contributed by atoms with E-state index in [0.29, 0.717) is 5.95 Å². The van der Waals surface area contributed by atoms with Crippen molar-refractivity contribution in [3.05, 3.63) is 11.7 Å². The molecule has 0 aliphatic rings. The van der Waals surface area contributed by atoms with E-state index in [0.717, 1.165) is 31.6 Å². The normalized spacial score (nSPS) is 12.0. The minimum absolute atomic E-state index is 0.222. The maximum Gasteiger partial charge on any atom is 0.320 e. The van der Waals surface area contributed by atoms with E-state index in [1.807, 2.05) is 0 Å². The van der Waals surface area contributed by atoms with E-state index in [1.54, 1.807) is 14.2 Å². The van der Waals surface area contributed by atoms with Gasteiger partial charge in [0.05, 0.1) is 20.8 Å². The molecule has 0 saturated heterocycles. The van der Waals surface area contributed by atoms with Crippen molar-refractivity contribution in [3.8, 4) is 0 Å². The maximum atomic E-state index is 5.54. The third-order valence-electron chi connectivity index (χ3n) is 3.83. The van der Waals surface area contributed by atoms with Crippen LogP contribution in [0.4, 0.5) is 0 Å². The number of hydrogen-bond acceptors (Lipinski definition) is 4. The molecule has 0 fully saturated rings. The molecule has 0 aromatic rings. The fourth-order valence-corrected chi connectivity index (χ4v) is 2.39. The Morgan fingerprint density at radius 1 is 0.696 bits per heavy atom. The van der Waals surface area contributed by atoms with Crippen molar-refractivity contribution in [2.75, 3.05) is 27.6 Å². The highest BCUT2D eigenvalue weighted by Crippen LogP contribution is 2.16. The average Bonchev–Trinajstić information content (AvgIpc) is 2.57. The van der Waals surface area contributed by atoms with Crippen LogP contribution in [0, 0.1) is 0 Å². The summed E-state index contributed by atoms with van der Waals surface area (Å²) in [5, 5.41) is 0. The lowest BCUT2D eigenvalue weighted by Crippen LogP contribution is -2.07. The summed E-state index contributed by atoms with van der Waals surface area (Å²) >= 11 is 0. The highest BCUT2D eigenvalue weighted by molar-refractivity contribution is 4.94. The monoisotopic (exact) mass is 330 g/mol. The first-order valence-electron chi connectivity index (χ1n) is 9.31. The van der Waals surface area contributed by atoms with Crippen molar-refractivity contribution in [1.82, 2.24) is 0 Å². The highest BCUT2D eigenvalue weighted by Gasteiger charge is 2.09. The molecule has 0 amide bonds. The molecule has 0 saturated carbocycles. The second-order valence-electron chi connectivity index (χ2n) is 5.87. The summed E-state index contributed by atoms with van der Waals surface area (Å²) in [6, 6.07) is 0. The van der Waals surface area contributed by atoms with Gasteiger partial charge < -0.3 is 18.9 Å². The minimum Gasteiger partial charge on any atom is -0.494 e. The Morgan fingerprint density at radius 3 is 1.91 bits per heavy atom. The molecule has 0 aromatic carbocycles. The van der Waals surface area contributed by atoms with Crippen LogP contribution in [-0.2, 0) is 18.9 Å². The van der Waals surface area contributed by atoms with Crippen molar-refractivity contribution in [3.63, 3.8) is 0 Å². The molecular weight excluding hydrogens is 292 g/mol. The fourth-order valence-electron chi connectivity index (χ4n) is 2.39. The van der Waals surface area contributed by atoms with E-state index < -0.39 is 0 Å². The van der Waals surface area contributed by atoms with E-state index in [-0.39, 0.29) is 6.79 Å². The first-order chi connectivity index (χ1) is 11.3. The first kappa shape index (κ1) is 22.1. The quantitative estimate of drug-likeness (QED) is 0.193. The second kappa shape index (κ2) is 17.5. The van der Waals surface area contributed by atoms with E-state index in [4.69, 9.17) is 18.9 Å². The van der Waals surface area contributed by atoms with Crippen molar-refractivity contribution in [1.29, 1.82) is 0 Å². The molecule has 0 N–H and O–H groups in total. The van der Waals surface area contributed by atoms with E-state index in [9.17, 15) is 0 Å². The van der Waals surface area contributed by atoms with Crippen LogP contribution in [0.3, 0.4) is 0 Å². The molecule has 23 heavy (non-hydrogen) atoms. The van der Waals surface area contributed by atoms with Crippen LogP contribution in [-0.4, -0.2) is 27.6 Å². The summed E-state index contributed by atoms with van der Waals surface area (Å²) in [6.07, 6.45) is 13.3. The highest BCUT2D eigenvalue weighted by atomic mass is 16.7. The molecule has 0 radical (unpaired) electrons. The molecule has 0 heterocycles. The van der Waals surface area contributed by atoms with E-state index >= 15 is 0 Å². The summed E-state index contributed by atoms with van der Waals surface area (Å²) < 4.78 is 21.7. The van der Waals surface area contributed by atoms with Crippen molar-refractivity contribution in [2.45, 2.75) is 84.5 Å². The van der Waals surface area contributed by atoms with Gasteiger partial charge in [-0.15, -0.1) is 0 Å². The number of rotatable bonds is 17. The van der Waals surface area contributed by atoms with Gasteiger partial charge in [0.2, 0.25) is 0 Å². The summed E-state index contributed by atoms with van der Waals surface area (Å²) in [7, 11) is 3.26. The van der Waals surface area contributed by atoms with Gasteiger partial charge in [0, 0.05) is 6.42 Å². The second-order valence-corrected chi connectivity index (χ2v) is 5.87. The number of allylic oxidation sites excluding steroid dienone is 1. The molecule has 0 aromatic heterocycles. The SMILES string of the molecule is CCCCCCCCCOCO/C(OC)=C(/CCCCC)OC. The first-order valence-corrected chi connectivity index (χ1v) is 9.31. The van der Waals surface area contributed by atoms with Gasteiger partial charge in [0.15, 0.2) is 12.6 Å². The maximum absolute atomic E-state index is 5.54. The molecule has 0 unspecified atom stereocenters. The number of unbranched alkanes of at least 4 members (excludes halogenated alkanes) is 8. The van der Waals surface area contributed by atoms with Crippen molar-refractivity contribution in [2.24, 2.45) is 0 Å². The molecule has 0 bridgehead atoms. The largest absolute Gasteiger partial charge is 0.494 e. The molecular formula is C19H38O4. The van der Waals surface area contributed by atoms with Gasteiger partial charge in [-0.25, -0.2) is 0 Å². The van der Waals surface area contributed by atoms with Crippen LogP contribution in [0.25, 0.3) is 0 Å². The Labute approximate surface area is 143 Å². The van der Waals surface area contributed by atoms with Gasteiger partial charge in [-0.3, -0.25) is 0 Å².